The second kappa shape index (κ2) is 9.91. The highest BCUT2D eigenvalue weighted by Gasteiger charge is 2.39. The summed E-state index contributed by atoms with van der Waals surface area (Å²) in [5, 5.41) is 3.13. The van der Waals surface area contributed by atoms with E-state index in [1.165, 1.54) is 18.2 Å². The van der Waals surface area contributed by atoms with Crippen LogP contribution in [-0.4, -0.2) is 19.9 Å². The van der Waals surface area contributed by atoms with Crippen LogP contribution < -0.4 is 14.8 Å². The molecule has 0 unspecified atom stereocenters. The molecule has 0 fully saturated rings. The van der Waals surface area contributed by atoms with Crippen LogP contribution in [0.1, 0.15) is 60.6 Å². The number of rotatable bonds is 7. The van der Waals surface area contributed by atoms with Crippen molar-refractivity contribution in [2.24, 2.45) is 0 Å². The number of nitrogens with one attached hydrogen (secondary N) is 2. The molecule has 1 atom stereocenters. The third-order valence-corrected chi connectivity index (χ3v) is 8.51. The van der Waals surface area contributed by atoms with Gasteiger partial charge < -0.3 is 10.1 Å². The molecule has 0 saturated carbocycles. The average molecular weight is 513 g/mol. The Balaban J connectivity index is 1.63. The van der Waals surface area contributed by atoms with E-state index in [0.29, 0.717) is 12.1 Å². The fourth-order valence-electron chi connectivity index (χ4n) is 4.41. The van der Waals surface area contributed by atoms with Crippen LogP contribution in [0.25, 0.3) is 0 Å². The summed E-state index contributed by atoms with van der Waals surface area (Å²) in [6.07, 6.45) is 2.23. The zero-order valence-corrected chi connectivity index (χ0v) is 21.5. The Kier molecular flexibility index (Phi) is 7.10. The van der Waals surface area contributed by atoms with Gasteiger partial charge in [0.05, 0.1) is 16.8 Å². The predicted octanol–water partition coefficient (Wildman–Crippen LogP) is 6.26. The maximum Gasteiger partial charge on any atom is 0.263 e. The Morgan fingerprint density at radius 3 is 2.46 bits per heavy atom. The van der Waals surface area contributed by atoms with Crippen LogP contribution in [0.2, 0.25) is 5.02 Å². The van der Waals surface area contributed by atoms with Gasteiger partial charge in [0.2, 0.25) is 0 Å². The van der Waals surface area contributed by atoms with Gasteiger partial charge in [0.1, 0.15) is 16.2 Å². The molecule has 0 spiro atoms. The van der Waals surface area contributed by atoms with Gasteiger partial charge in [-0.25, -0.2) is 8.42 Å². The fourth-order valence-corrected chi connectivity index (χ4v) is 6.07. The van der Waals surface area contributed by atoms with Crippen LogP contribution >= 0.6 is 11.6 Å². The van der Waals surface area contributed by atoms with Crippen molar-refractivity contribution in [1.29, 1.82) is 0 Å². The lowest BCUT2D eigenvalue weighted by Gasteiger charge is -2.41. The van der Waals surface area contributed by atoms with Gasteiger partial charge in [0.25, 0.3) is 15.9 Å². The Labute approximate surface area is 211 Å². The lowest BCUT2D eigenvalue weighted by molar-refractivity contribution is 0.0227. The molecule has 1 amide bonds. The summed E-state index contributed by atoms with van der Waals surface area (Å²) in [5.74, 6) is 0.381. The first kappa shape index (κ1) is 25.1. The number of anilines is 1. The van der Waals surface area contributed by atoms with Gasteiger partial charge in [0, 0.05) is 17.5 Å². The third-order valence-electron chi connectivity index (χ3n) is 6.66. The largest absolute Gasteiger partial charge is 0.487 e. The minimum atomic E-state index is -4.01. The van der Waals surface area contributed by atoms with E-state index in [-0.39, 0.29) is 33.0 Å². The van der Waals surface area contributed by atoms with E-state index in [9.17, 15) is 13.2 Å². The number of hydrogen-bond donors (Lipinski definition) is 2. The Morgan fingerprint density at radius 2 is 1.74 bits per heavy atom. The number of hydrogen-bond acceptors (Lipinski definition) is 4. The van der Waals surface area contributed by atoms with E-state index in [0.717, 1.165) is 29.7 Å². The van der Waals surface area contributed by atoms with Crippen LogP contribution in [0.5, 0.6) is 5.75 Å². The van der Waals surface area contributed by atoms with Gasteiger partial charge in [0.15, 0.2) is 0 Å². The quantitative estimate of drug-likeness (QED) is 0.391. The molecule has 1 aliphatic rings. The molecule has 0 aliphatic carbocycles. The molecule has 0 saturated heterocycles. The minimum absolute atomic E-state index is 0.0371. The van der Waals surface area contributed by atoms with E-state index in [1.807, 2.05) is 43.3 Å². The van der Waals surface area contributed by atoms with E-state index < -0.39 is 10.0 Å². The highest BCUT2D eigenvalue weighted by molar-refractivity contribution is 7.92. The molecule has 3 aromatic rings. The lowest BCUT2D eigenvalue weighted by Crippen LogP contribution is -2.44. The zero-order chi connectivity index (χ0) is 25.2. The summed E-state index contributed by atoms with van der Waals surface area (Å²) < 4.78 is 35.1. The first-order valence-corrected chi connectivity index (χ1v) is 13.5. The average Bonchev–Trinajstić information content (AvgIpc) is 2.85. The van der Waals surface area contributed by atoms with Gasteiger partial charge in [-0.3, -0.25) is 9.52 Å². The summed E-state index contributed by atoms with van der Waals surface area (Å²) in [7, 11) is -4.01. The van der Waals surface area contributed by atoms with Crippen LogP contribution in [0.3, 0.4) is 0 Å². The van der Waals surface area contributed by atoms with Crippen molar-refractivity contribution >= 4 is 33.2 Å². The third kappa shape index (κ3) is 5.16. The molecule has 1 aliphatic heterocycles. The minimum Gasteiger partial charge on any atom is -0.487 e. The summed E-state index contributed by atoms with van der Waals surface area (Å²) in [4.78, 5) is 13.1. The number of aryl methyl sites for hydroxylation is 1. The maximum absolute atomic E-state index is 13.3. The topological polar surface area (TPSA) is 84.5 Å². The Morgan fingerprint density at radius 1 is 1.06 bits per heavy atom. The normalized spacial score (nSPS) is 16.6. The number of amides is 1. The van der Waals surface area contributed by atoms with E-state index >= 15 is 0 Å². The number of carbonyl (C=O) groups excluding carboxylic acids is 1. The molecule has 35 heavy (non-hydrogen) atoms. The Bertz CT molecular complexity index is 1350. The number of fused-ring (bicyclic) bond motifs is 1. The molecule has 0 bridgehead atoms. The lowest BCUT2D eigenvalue weighted by atomic mass is 9.83. The number of carbonyl (C=O) groups is 1. The van der Waals surface area contributed by atoms with Gasteiger partial charge in [-0.15, -0.1) is 0 Å². The zero-order valence-electron chi connectivity index (χ0n) is 20.0. The molecule has 3 aromatic carbocycles. The molecular weight excluding hydrogens is 484 g/mol. The summed E-state index contributed by atoms with van der Waals surface area (Å²) in [6.45, 7) is 5.96. The van der Waals surface area contributed by atoms with Gasteiger partial charge >= 0.3 is 0 Å². The van der Waals surface area contributed by atoms with Gasteiger partial charge in [-0.05, 0) is 55.7 Å². The molecule has 0 aromatic heterocycles. The number of halogens is 1. The highest BCUT2D eigenvalue weighted by Crippen LogP contribution is 2.42. The number of ether oxygens (including phenoxy) is 1. The molecule has 4 rings (SSSR count). The van der Waals surface area contributed by atoms with Crippen molar-refractivity contribution in [3.05, 3.63) is 88.4 Å². The van der Waals surface area contributed by atoms with E-state index in [4.69, 9.17) is 16.3 Å². The van der Waals surface area contributed by atoms with Crippen molar-refractivity contribution < 1.29 is 17.9 Å². The number of para-hydroxylation sites is 2. The molecule has 8 heteroatoms. The first-order chi connectivity index (χ1) is 16.7. The molecule has 2 N–H and O–H groups in total. The molecule has 1 heterocycles. The van der Waals surface area contributed by atoms with Crippen molar-refractivity contribution in [2.45, 2.75) is 56.6 Å². The molecular formula is C27H29ClN2O4S. The standard InChI is InChI=1S/C27H29ClN2O4S/c1-4-27(5-2)17-23(20-11-7-9-13-24(20)34-27)29-26(31)19-14-15-21(28)25(16-19)35(32,33)30-22-12-8-6-10-18(22)3/h6-16,23,30H,4-5,17H2,1-3H3,(H,29,31)/t23-/m1/s1. The molecule has 184 valence electrons. The van der Waals surface area contributed by atoms with Crippen LogP contribution in [0.15, 0.2) is 71.6 Å². The van der Waals surface area contributed by atoms with Crippen molar-refractivity contribution in [1.82, 2.24) is 5.32 Å². The van der Waals surface area contributed by atoms with Crippen LogP contribution in [0.4, 0.5) is 5.69 Å². The summed E-state index contributed by atoms with van der Waals surface area (Å²) in [5.41, 5.74) is 1.96. The second-order valence-corrected chi connectivity index (χ2v) is 10.9. The SMILES string of the molecule is CCC1(CC)C[C@@H](NC(=O)c2ccc(Cl)c(S(=O)(=O)Nc3ccccc3C)c2)c2ccccc2O1. The van der Waals surface area contributed by atoms with Crippen LogP contribution in [0, 0.1) is 6.92 Å². The summed E-state index contributed by atoms with van der Waals surface area (Å²) in [6, 6.07) is 18.7. The van der Waals surface area contributed by atoms with Gasteiger partial charge in [-0.2, -0.15) is 0 Å². The first-order valence-electron chi connectivity index (χ1n) is 11.6. The maximum atomic E-state index is 13.3. The Hall–Kier alpha value is -3.03. The van der Waals surface area contributed by atoms with Crippen molar-refractivity contribution in [3.8, 4) is 5.75 Å². The van der Waals surface area contributed by atoms with Gasteiger partial charge in [-0.1, -0.05) is 61.8 Å². The number of sulfonamides is 1. The van der Waals surface area contributed by atoms with E-state index in [1.54, 1.807) is 12.1 Å². The highest BCUT2D eigenvalue weighted by atomic mass is 35.5. The fraction of sp³-hybridized carbons (Fsp3) is 0.296. The van der Waals surface area contributed by atoms with E-state index in [2.05, 4.69) is 23.9 Å². The van der Waals surface area contributed by atoms with Crippen LogP contribution in [-0.2, 0) is 10.0 Å². The molecule has 0 radical (unpaired) electrons. The van der Waals surface area contributed by atoms with Crippen molar-refractivity contribution in [3.63, 3.8) is 0 Å². The monoisotopic (exact) mass is 512 g/mol. The predicted molar refractivity (Wildman–Crippen MR) is 139 cm³/mol. The van der Waals surface area contributed by atoms with Crippen molar-refractivity contribution in [2.75, 3.05) is 4.72 Å². The summed E-state index contributed by atoms with van der Waals surface area (Å²) >= 11 is 6.26. The second-order valence-electron chi connectivity index (χ2n) is 8.83. The molecule has 6 nitrogen and oxygen atoms in total. The smallest absolute Gasteiger partial charge is 0.263 e. The number of benzene rings is 3.